The molecule has 6 nitrogen and oxygen atoms in total. The van der Waals surface area contributed by atoms with Crippen LogP contribution in [0.25, 0.3) is 5.82 Å². The maximum Gasteiger partial charge on any atom is 0.338 e. The zero-order chi connectivity index (χ0) is 16.7. The third-order valence-corrected chi connectivity index (χ3v) is 5.03. The molecule has 24 heavy (non-hydrogen) atoms. The summed E-state index contributed by atoms with van der Waals surface area (Å²) in [5, 5.41) is 13.3. The Labute approximate surface area is 144 Å². The van der Waals surface area contributed by atoms with Gasteiger partial charge in [0.25, 0.3) is 0 Å². The fourth-order valence-corrected chi connectivity index (χ4v) is 3.34. The fourth-order valence-electron chi connectivity index (χ4n) is 3.11. The number of halogens is 1. The molecule has 2 saturated carbocycles. The van der Waals surface area contributed by atoms with E-state index in [-0.39, 0.29) is 10.7 Å². The maximum atomic E-state index is 11.0. The molecule has 0 saturated heterocycles. The van der Waals surface area contributed by atoms with Crippen LogP contribution < -0.4 is 4.74 Å². The lowest BCUT2D eigenvalue weighted by Gasteiger charge is -2.14. The lowest BCUT2D eigenvalue weighted by Crippen LogP contribution is -2.16. The minimum Gasteiger partial charge on any atom is -0.478 e. The monoisotopic (exact) mass is 347 g/mol. The first-order valence-corrected chi connectivity index (χ1v) is 8.58. The first kappa shape index (κ1) is 15.4. The highest BCUT2D eigenvalue weighted by molar-refractivity contribution is 6.32. The van der Waals surface area contributed by atoms with Gasteiger partial charge in [0.1, 0.15) is 5.15 Å². The molecule has 0 atom stereocenters. The van der Waals surface area contributed by atoms with E-state index in [4.69, 9.17) is 21.4 Å². The Balaban J connectivity index is 1.44. The molecule has 0 unspecified atom stereocenters. The van der Waals surface area contributed by atoms with Crippen molar-refractivity contribution in [3.63, 3.8) is 0 Å². The molecular formula is C17H18ClN3O3. The smallest absolute Gasteiger partial charge is 0.338 e. The molecule has 126 valence electrons. The van der Waals surface area contributed by atoms with Crippen LogP contribution in [-0.4, -0.2) is 32.4 Å². The van der Waals surface area contributed by atoms with E-state index in [0.717, 1.165) is 18.4 Å². The van der Waals surface area contributed by atoms with Crippen molar-refractivity contribution in [3.05, 3.63) is 35.1 Å². The number of hydrogen-bond donors (Lipinski definition) is 1. The number of nitrogens with zero attached hydrogens (tertiary/aromatic N) is 3. The molecule has 0 aromatic carbocycles. The van der Waals surface area contributed by atoms with Crippen molar-refractivity contribution in [2.24, 2.45) is 17.8 Å². The average Bonchev–Trinajstić information content (AvgIpc) is 3.47. The minimum absolute atomic E-state index is 0.0271. The lowest BCUT2D eigenvalue weighted by atomic mass is 9.99. The maximum absolute atomic E-state index is 11.0. The molecule has 2 aliphatic rings. The SMILES string of the molecule is O=C(O)c1ccc(-n2ccc(OCC(C3CC3)C3CC3)n2)nc1Cl. The summed E-state index contributed by atoms with van der Waals surface area (Å²) in [6, 6.07) is 4.78. The second-order valence-electron chi connectivity index (χ2n) is 6.56. The fraction of sp³-hybridized carbons (Fsp3) is 0.471. The molecular weight excluding hydrogens is 330 g/mol. The molecule has 2 aliphatic carbocycles. The van der Waals surface area contributed by atoms with Crippen LogP contribution in [0.2, 0.25) is 5.15 Å². The third kappa shape index (κ3) is 3.24. The predicted molar refractivity (Wildman–Crippen MR) is 87.8 cm³/mol. The molecule has 0 amide bonds. The summed E-state index contributed by atoms with van der Waals surface area (Å²) in [7, 11) is 0. The summed E-state index contributed by atoms with van der Waals surface area (Å²) in [6.45, 7) is 0.721. The van der Waals surface area contributed by atoms with Crippen LogP contribution in [-0.2, 0) is 0 Å². The summed E-state index contributed by atoms with van der Waals surface area (Å²) in [4.78, 5) is 15.1. The Morgan fingerprint density at radius 1 is 1.29 bits per heavy atom. The Morgan fingerprint density at radius 2 is 2.00 bits per heavy atom. The number of aromatic carboxylic acids is 1. The van der Waals surface area contributed by atoms with Gasteiger partial charge in [0, 0.05) is 12.3 Å². The van der Waals surface area contributed by atoms with Gasteiger partial charge in [-0.25, -0.2) is 14.5 Å². The van der Waals surface area contributed by atoms with E-state index in [1.54, 1.807) is 18.3 Å². The summed E-state index contributed by atoms with van der Waals surface area (Å²) in [5.41, 5.74) is -0.0271. The minimum atomic E-state index is -1.10. The first-order valence-electron chi connectivity index (χ1n) is 8.20. The molecule has 2 fully saturated rings. The van der Waals surface area contributed by atoms with Crippen molar-refractivity contribution in [1.29, 1.82) is 0 Å². The van der Waals surface area contributed by atoms with Crippen LogP contribution in [0.3, 0.4) is 0 Å². The Kier molecular flexibility index (Phi) is 3.92. The van der Waals surface area contributed by atoms with Gasteiger partial charge in [0.15, 0.2) is 5.82 Å². The van der Waals surface area contributed by atoms with Crippen molar-refractivity contribution in [3.8, 4) is 11.7 Å². The molecule has 7 heteroatoms. The van der Waals surface area contributed by atoms with Crippen LogP contribution in [0.1, 0.15) is 36.0 Å². The van der Waals surface area contributed by atoms with Crippen LogP contribution in [0.5, 0.6) is 5.88 Å². The highest BCUT2D eigenvalue weighted by atomic mass is 35.5. The number of ether oxygens (including phenoxy) is 1. The van der Waals surface area contributed by atoms with E-state index in [2.05, 4.69) is 10.1 Å². The first-order chi connectivity index (χ1) is 11.6. The van der Waals surface area contributed by atoms with Gasteiger partial charge in [-0.2, -0.15) is 0 Å². The number of carboxylic acid groups (broad SMARTS) is 1. The second-order valence-corrected chi connectivity index (χ2v) is 6.92. The van der Waals surface area contributed by atoms with Crippen LogP contribution in [0, 0.1) is 17.8 Å². The normalized spacial score (nSPS) is 17.2. The summed E-state index contributed by atoms with van der Waals surface area (Å²) < 4.78 is 7.42. The van der Waals surface area contributed by atoms with E-state index in [9.17, 15) is 4.79 Å². The quantitative estimate of drug-likeness (QED) is 0.776. The van der Waals surface area contributed by atoms with E-state index in [0.29, 0.717) is 17.6 Å². The average molecular weight is 348 g/mol. The van der Waals surface area contributed by atoms with Crippen molar-refractivity contribution in [1.82, 2.24) is 14.8 Å². The van der Waals surface area contributed by atoms with Crippen LogP contribution in [0.15, 0.2) is 24.4 Å². The number of aromatic nitrogens is 3. The van der Waals surface area contributed by atoms with Gasteiger partial charge in [-0.15, -0.1) is 5.10 Å². The highest BCUT2D eigenvalue weighted by Gasteiger charge is 2.41. The van der Waals surface area contributed by atoms with Gasteiger partial charge in [0.2, 0.25) is 5.88 Å². The molecule has 0 radical (unpaired) electrons. The molecule has 1 N–H and O–H groups in total. The Hall–Kier alpha value is -2.08. The van der Waals surface area contributed by atoms with E-state index < -0.39 is 5.97 Å². The summed E-state index contributed by atoms with van der Waals surface area (Å²) >= 11 is 5.90. The highest BCUT2D eigenvalue weighted by Crippen LogP contribution is 2.49. The molecule has 2 heterocycles. The van der Waals surface area contributed by atoms with Gasteiger partial charge >= 0.3 is 5.97 Å². The van der Waals surface area contributed by atoms with Crippen molar-refractivity contribution in [2.45, 2.75) is 25.7 Å². The lowest BCUT2D eigenvalue weighted by molar-refractivity contribution is 0.0696. The number of pyridine rings is 1. The van der Waals surface area contributed by atoms with Crippen molar-refractivity contribution >= 4 is 17.6 Å². The second kappa shape index (κ2) is 6.09. The standard InChI is InChI=1S/C17H18ClN3O3/c18-16-12(17(22)23)5-6-14(19-16)21-8-7-15(20-21)24-9-13(10-1-2-10)11-3-4-11/h5-8,10-11,13H,1-4,9H2,(H,22,23). The van der Waals surface area contributed by atoms with E-state index in [1.807, 2.05) is 0 Å². The van der Waals surface area contributed by atoms with Crippen LogP contribution in [0.4, 0.5) is 0 Å². The van der Waals surface area contributed by atoms with Gasteiger partial charge < -0.3 is 9.84 Å². The Morgan fingerprint density at radius 3 is 2.58 bits per heavy atom. The molecule has 0 aliphatic heterocycles. The third-order valence-electron chi connectivity index (χ3n) is 4.74. The molecule has 0 spiro atoms. The van der Waals surface area contributed by atoms with E-state index in [1.165, 1.54) is 36.4 Å². The summed E-state index contributed by atoms with van der Waals surface area (Å²) in [5.74, 6) is 2.25. The number of carbonyl (C=O) groups is 1. The molecule has 2 aromatic heterocycles. The number of carboxylic acids is 1. The van der Waals surface area contributed by atoms with Crippen molar-refractivity contribution in [2.75, 3.05) is 6.61 Å². The Bertz CT molecular complexity index is 756. The van der Waals surface area contributed by atoms with Gasteiger partial charge in [-0.3, -0.25) is 0 Å². The number of hydrogen-bond acceptors (Lipinski definition) is 4. The van der Waals surface area contributed by atoms with E-state index >= 15 is 0 Å². The molecule has 0 bridgehead atoms. The van der Waals surface area contributed by atoms with Gasteiger partial charge in [-0.05, 0) is 55.6 Å². The zero-order valence-corrected chi connectivity index (χ0v) is 13.8. The number of rotatable bonds is 7. The zero-order valence-electron chi connectivity index (χ0n) is 13.1. The van der Waals surface area contributed by atoms with Gasteiger partial charge in [0.05, 0.1) is 12.2 Å². The molecule has 2 aromatic rings. The largest absolute Gasteiger partial charge is 0.478 e. The molecule has 4 rings (SSSR count). The topological polar surface area (TPSA) is 77.2 Å². The van der Waals surface area contributed by atoms with Gasteiger partial charge in [-0.1, -0.05) is 11.6 Å². The van der Waals surface area contributed by atoms with Crippen LogP contribution >= 0.6 is 11.6 Å². The predicted octanol–water partition coefficient (Wildman–Crippen LogP) is 3.43. The van der Waals surface area contributed by atoms with Crippen molar-refractivity contribution < 1.29 is 14.6 Å². The summed E-state index contributed by atoms with van der Waals surface area (Å²) in [6.07, 6.45) is 7.06.